The molecule has 0 radical (unpaired) electrons. The molecule has 1 amide bonds. The maximum Gasteiger partial charge on any atom is 0.354 e. The second-order valence-electron chi connectivity index (χ2n) is 4.38. The highest BCUT2D eigenvalue weighted by atomic mass is 79.9. The average Bonchev–Trinajstić information content (AvgIpc) is 2.91. The molecule has 116 valence electrons. The van der Waals surface area contributed by atoms with Gasteiger partial charge in [-0.15, -0.1) is 0 Å². The standard InChI is InChI=1S/C13H10Br2FN3O3/c1-6(19-10(13(21)22)2-3-17-19)12(20)18-11-8(14)4-7(16)5-9(11)15/h2-6H,1H3,(H,18,20)(H,21,22). The van der Waals surface area contributed by atoms with E-state index in [1.54, 1.807) is 0 Å². The van der Waals surface area contributed by atoms with Crippen molar-refractivity contribution in [3.8, 4) is 0 Å². The van der Waals surface area contributed by atoms with Gasteiger partial charge in [0, 0.05) is 15.1 Å². The third kappa shape index (κ3) is 3.36. The number of amides is 1. The third-order valence-corrected chi connectivity index (χ3v) is 4.14. The van der Waals surface area contributed by atoms with Crippen LogP contribution in [0.1, 0.15) is 23.5 Å². The Balaban J connectivity index is 2.26. The van der Waals surface area contributed by atoms with Gasteiger partial charge < -0.3 is 10.4 Å². The normalized spacial score (nSPS) is 12.0. The average molecular weight is 435 g/mol. The number of nitrogens with one attached hydrogen (secondary N) is 1. The molecule has 2 aromatic rings. The van der Waals surface area contributed by atoms with E-state index in [1.807, 2.05) is 0 Å². The first-order chi connectivity index (χ1) is 10.3. The number of hydrogen-bond acceptors (Lipinski definition) is 3. The predicted octanol–water partition coefficient (Wildman–Crippen LogP) is 3.45. The molecule has 0 aliphatic heterocycles. The molecule has 0 fully saturated rings. The molecular weight excluding hydrogens is 425 g/mol. The molecule has 1 atom stereocenters. The van der Waals surface area contributed by atoms with Crippen LogP contribution in [0.25, 0.3) is 0 Å². The SMILES string of the molecule is CC(C(=O)Nc1c(Br)cc(F)cc1Br)n1nccc1C(=O)O. The smallest absolute Gasteiger partial charge is 0.354 e. The van der Waals surface area contributed by atoms with E-state index in [9.17, 15) is 14.0 Å². The van der Waals surface area contributed by atoms with Gasteiger partial charge in [-0.25, -0.2) is 13.9 Å². The molecule has 1 aromatic heterocycles. The van der Waals surface area contributed by atoms with Crippen LogP contribution in [-0.2, 0) is 4.79 Å². The summed E-state index contributed by atoms with van der Waals surface area (Å²) in [7, 11) is 0. The summed E-state index contributed by atoms with van der Waals surface area (Å²) in [5.74, 6) is -2.13. The fourth-order valence-electron chi connectivity index (χ4n) is 1.79. The molecule has 2 rings (SSSR count). The van der Waals surface area contributed by atoms with Crippen LogP contribution >= 0.6 is 31.9 Å². The highest BCUT2D eigenvalue weighted by Gasteiger charge is 2.22. The zero-order valence-corrected chi connectivity index (χ0v) is 14.4. The molecule has 1 aromatic carbocycles. The second-order valence-corrected chi connectivity index (χ2v) is 6.08. The largest absolute Gasteiger partial charge is 0.477 e. The molecule has 6 nitrogen and oxygen atoms in total. The minimum Gasteiger partial charge on any atom is -0.477 e. The molecule has 0 aliphatic rings. The van der Waals surface area contributed by atoms with E-state index in [1.165, 1.54) is 31.3 Å². The van der Waals surface area contributed by atoms with Crippen molar-refractivity contribution in [2.75, 3.05) is 5.32 Å². The zero-order chi connectivity index (χ0) is 16.4. The monoisotopic (exact) mass is 433 g/mol. The lowest BCUT2D eigenvalue weighted by Gasteiger charge is -2.16. The van der Waals surface area contributed by atoms with E-state index in [0.29, 0.717) is 14.6 Å². The van der Waals surface area contributed by atoms with E-state index in [2.05, 4.69) is 42.3 Å². The number of carbonyl (C=O) groups excluding carboxylic acids is 1. The van der Waals surface area contributed by atoms with Crippen molar-refractivity contribution in [1.82, 2.24) is 9.78 Å². The van der Waals surface area contributed by atoms with Gasteiger partial charge in [-0.1, -0.05) is 0 Å². The Bertz CT molecular complexity index is 725. The number of carbonyl (C=O) groups is 2. The number of hydrogen-bond donors (Lipinski definition) is 2. The summed E-state index contributed by atoms with van der Waals surface area (Å²) in [6.07, 6.45) is 1.30. The Kier molecular flexibility index (Phi) is 4.97. The highest BCUT2D eigenvalue weighted by molar-refractivity contribution is 9.11. The Labute approximate surface area is 141 Å². The van der Waals surface area contributed by atoms with Gasteiger partial charge in [0.1, 0.15) is 17.6 Å². The zero-order valence-electron chi connectivity index (χ0n) is 11.2. The molecule has 0 saturated carbocycles. The third-order valence-electron chi connectivity index (χ3n) is 2.89. The molecular formula is C13H10Br2FN3O3. The van der Waals surface area contributed by atoms with Crippen LogP contribution in [-0.4, -0.2) is 26.8 Å². The van der Waals surface area contributed by atoms with Crippen molar-refractivity contribution in [2.24, 2.45) is 0 Å². The molecule has 9 heteroatoms. The van der Waals surface area contributed by atoms with E-state index < -0.39 is 23.7 Å². The molecule has 1 unspecified atom stereocenters. The van der Waals surface area contributed by atoms with E-state index in [4.69, 9.17) is 5.11 Å². The Hall–Kier alpha value is -1.74. The topological polar surface area (TPSA) is 84.2 Å². The lowest BCUT2D eigenvalue weighted by molar-refractivity contribution is -0.119. The van der Waals surface area contributed by atoms with Crippen molar-refractivity contribution in [3.63, 3.8) is 0 Å². The van der Waals surface area contributed by atoms with E-state index >= 15 is 0 Å². The summed E-state index contributed by atoms with van der Waals surface area (Å²) in [6, 6.07) is 2.86. The Morgan fingerprint density at radius 1 is 1.36 bits per heavy atom. The number of rotatable bonds is 4. The minimum absolute atomic E-state index is 0.0973. The van der Waals surface area contributed by atoms with Crippen LogP contribution in [0.4, 0.5) is 10.1 Å². The molecule has 22 heavy (non-hydrogen) atoms. The van der Waals surface area contributed by atoms with Crippen LogP contribution in [0.3, 0.4) is 0 Å². The van der Waals surface area contributed by atoms with Gasteiger partial charge in [0.15, 0.2) is 0 Å². The summed E-state index contributed by atoms with van der Waals surface area (Å²) in [5, 5.41) is 15.5. The van der Waals surface area contributed by atoms with E-state index in [-0.39, 0.29) is 5.69 Å². The Morgan fingerprint density at radius 3 is 2.50 bits per heavy atom. The lowest BCUT2D eigenvalue weighted by atomic mass is 10.2. The molecule has 1 heterocycles. The predicted molar refractivity (Wildman–Crippen MR) is 84.3 cm³/mol. The second kappa shape index (κ2) is 6.57. The summed E-state index contributed by atoms with van der Waals surface area (Å²) in [4.78, 5) is 23.3. The summed E-state index contributed by atoms with van der Waals surface area (Å²) < 4.78 is 15.0. The maximum absolute atomic E-state index is 13.2. The van der Waals surface area contributed by atoms with Crippen molar-refractivity contribution in [1.29, 1.82) is 0 Å². The Morgan fingerprint density at radius 2 is 1.95 bits per heavy atom. The van der Waals surface area contributed by atoms with Crippen LogP contribution in [0, 0.1) is 5.82 Å². The fourth-order valence-corrected chi connectivity index (χ4v) is 3.12. The minimum atomic E-state index is -1.18. The van der Waals surface area contributed by atoms with Gasteiger partial charge in [0.25, 0.3) is 0 Å². The number of nitrogens with zero attached hydrogens (tertiary/aromatic N) is 2. The molecule has 0 saturated heterocycles. The van der Waals surface area contributed by atoms with Gasteiger partial charge in [0.05, 0.1) is 5.69 Å². The number of carboxylic acid groups (broad SMARTS) is 1. The van der Waals surface area contributed by atoms with Crippen molar-refractivity contribution >= 4 is 49.4 Å². The van der Waals surface area contributed by atoms with Gasteiger partial charge in [-0.3, -0.25) is 4.79 Å². The molecule has 0 bridgehead atoms. The van der Waals surface area contributed by atoms with Gasteiger partial charge in [-0.05, 0) is 57.0 Å². The number of benzene rings is 1. The number of carboxylic acids is 1. The van der Waals surface area contributed by atoms with Crippen LogP contribution in [0.5, 0.6) is 0 Å². The van der Waals surface area contributed by atoms with Gasteiger partial charge in [-0.2, -0.15) is 5.10 Å². The van der Waals surface area contributed by atoms with E-state index in [0.717, 1.165) is 4.68 Å². The first-order valence-corrected chi connectivity index (χ1v) is 7.62. The maximum atomic E-state index is 13.2. The first-order valence-electron chi connectivity index (χ1n) is 6.03. The summed E-state index contributed by atoms with van der Waals surface area (Å²) in [6.45, 7) is 1.51. The quantitative estimate of drug-likeness (QED) is 0.771. The van der Waals surface area contributed by atoms with Crippen molar-refractivity contribution in [2.45, 2.75) is 13.0 Å². The van der Waals surface area contributed by atoms with Crippen LogP contribution < -0.4 is 5.32 Å². The molecule has 0 spiro atoms. The van der Waals surface area contributed by atoms with Gasteiger partial charge >= 0.3 is 5.97 Å². The molecule has 2 N–H and O–H groups in total. The van der Waals surface area contributed by atoms with Crippen molar-refractivity contribution < 1.29 is 19.1 Å². The summed E-state index contributed by atoms with van der Waals surface area (Å²) in [5.41, 5.74) is 0.252. The number of halogens is 3. The highest BCUT2D eigenvalue weighted by Crippen LogP contribution is 2.32. The molecule has 0 aliphatic carbocycles. The van der Waals surface area contributed by atoms with Crippen molar-refractivity contribution in [3.05, 3.63) is 44.9 Å². The fraction of sp³-hybridized carbons (Fsp3) is 0.154. The lowest BCUT2D eigenvalue weighted by Crippen LogP contribution is -2.27. The number of anilines is 1. The van der Waals surface area contributed by atoms with Crippen LogP contribution in [0.2, 0.25) is 0 Å². The number of aromatic carboxylic acids is 1. The first kappa shape index (κ1) is 16.6. The van der Waals surface area contributed by atoms with Crippen LogP contribution in [0.15, 0.2) is 33.3 Å². The van der Waals surface area contributed by atoms with Gasteiger partial charge in [0.2, 0.25) is 5.91 Å². The summed E-state index contributed by atoms with van der Waals surface area (Å²) >= 11 is 6.32. The number of aromatic nitrogens is 2.